The van der Waals surface area contributed by atoms with Crippen molar-refractivity contribution in [3.8, 4) is 22.6 Å². The summed E-state index contributed by atoms with van der Waals surface area (Å²) in [6.45, 7) is 4.08. The average molecular weight is 589 g/mol. The van der Waals surface area contributed by atoms with Crippen molar-refractivity contribution in [1.29, 1.82) is 0 Å². The molecule has 3 rings (SSSR count). The molecule has 0 saturated heterocycles. The van der Waals surface area contributed by atoms with Crippen LogP contribution in [-0.4, -0.2) is 30.8 Å². The minimum Gasteiger partial charge on any atom is -0.494 e. The maximum atomic E-state index is 14.4. The Hall–Kier alpha value is -3.88. The number of carbonyl (C=O) groups is 2. The molecule has 0 N–H and O–H groups in total. The number of halogens is 4. The Morgan fingerprint density at radius 2 is 1.31 bits per heavy atom. The number of unbranched alkanes of at least 4 members (excludes halogenated alkanes) is 6. The summed E-state index contributed by atoms with van der Waals surface area (Å²) in [6.07, 6.45) is 0.916. The van der Waals surface area contributed by atoms with Gasteiger partial charge >= 0.3 is 18.1 Å². The first-order valence-corrected chi connectivity index (χ1v) is 14.2. The largest absolute Gasteiger partial charge is 0.494 e. The first-order chi connectivity index (χ1) is 20.1. The molecule has 0 spiro atoms. The molecule has 0 fully saturated rings. The molecule has 3 aromatic rings. The minimum atomic E-state index is -4.77. The summed E-state index contributed by atoms with van der Waals surface area (Å²) in [7, 11) is 0. The molecule has 3 aromatic carbocycles. The van der Waals surface area contributed by atoms with Crippen LogP contribution in [0.2, 0.25) is 0 Å². The number of hydrogen-bond acceptors (Lipinski definition) is 5. The van der Waals surface area contributed by atoms with Gasteiger partial charge in [-0.15, -0.1) is 0 Å². The second kappa shape index (κ2) is 15.9. The molecule has 0 saturated carbocycles. The number of rotatable bonds is 15. The molecule has 0 aliphatic rings. The van der Waals surface area contributed by atoms with E-state index in [9.17, 15) is 27.2 Å². The van der Waals surface area contributed by atoms with E-state index in [1.165, 1.54) is 39.0 Å². The monoisotopic (exact) mass is 588 g/mol. The molecule has 0 heterocycles. The molecule has 0 radical (unpaired) electrons. The van der Waals surface area contributed by atoms with Gasteiger partial charge in [0.25, 0.3) is 0 Å². The van der Waals surface area contributed by atoms with Crippen molar-refractivity contribution in [2.45, 2.75) is 77.5 Å². The Kier molecular flexibility index (Phi) is 12.4. The van der Waals surface area contributed by atoms with Gasteiger partial charge in [-0.3, -0.25) is 0 Å². The standard InChI is InChI=1S/C33H36F4O5/c1-3-5-6-7-8-9-10-21-40-26-17-15-24(16-18-26)23-11-13-25(14-12-23)31(38)41-27-19-20-28(29(34)22-27)32(39)42-30(4-2)33(35,36)37/h11-20,22,30H,3-10,21H2,1-2H3. The highest BCUT2D eigenvalue weighted by atomic mass is 19.4. The molecular formula is C33H36F4O5. The number of hydrogen-bond donors (Lipinski definition) is 0. The zero-order chi connectivity index (χ0) is 30.5. The number of esters is 2. The summed E-state index contributed by atoms with van der Waals surface area (Å²) in [5.74, 6) is -2.83. The summed E-state index contributed by atoms with van der Waals surface area (Å²) >= 11 is 0. The Labute approximate surface area is 243 Å². The van der Waals surface area contributed by atoms with Gasteiger partial charge < -0.3 is 14.2 Å². The first-order valence-electron chi connectivity index (χ1n) is 14.2. The number of alkyl halides is 3. The van der Waals surface area contributed by atoms with E-state index in [1.54, 1.807) is 24.3 Å². The van der Waals surface area contributed by atoms with Crippen LogP contribution in [0.5, 0.6) is 11.5 Å². The van der Waals surface area contributed by atoms with Crippen molar-refractivity contribution in [3.63, 3.8) is 0 Å². The lowest BCUT2D eigenvalue weighted by atomic mass is 10.0. The lowest BCUT2D eigenvalue weighted by molar-refractivity contribution is -0.204. The maximum Gasteiger partial charge on any atom is 0.425 e. The lowest BCUT2D eigenvalue weighted by Gasteiger charge is -2.19. The fraction of sp³-hybridized carbons (Fsp3) is 0.394. The van der Waals surface area contributed by atoms with Crippen LogP contribution < -0.4 is 9.47 Å². The van der Waals surface area contributed by atoms with E-state index < -0.39 is 42.0 Å². The topological polar surface area (TPSA) is 61.8 Å². The van der Waals surface area contributed by atoms with Crippen LogP contribution in [0.15, 0.2) is 66.7 Å². The Morgan fingerprint density at radius 3 is 1.88 bits per heavy atom. The van der Waals surface area contributed by atoms with Gasteiger partial charge in [0.1, 0.15) is 17.3 Å². The SMILES string of the molecule is CCCCCCCCCOc1ccc(-c2ccc(C(=O)Oc3ccc(C(=O)OC(CC)C(F)(F)F)c(F)c3)cc2)cc1. The van der Waals surface area contributed by atoms with Crippen molar-refractivity contribution >= 4 is 11.9 Å². The molecule has 0 amide bonds. The second-order valence-electron chi connectivity index (χ2n) is 9.95. The van der Waals surface area contributed by atoms with Gasteiger partial charge in [0.15, 0.2) is 6.10 Å². The van der Waals surface area contributed by atoms with Gasteiger partial charge in [0.2, 0.25) is 0 Å². The van der Waals surface area contributed by atoms with E-state index in [0.717, 1.165) is 47.9 Å². The van der Waals surface area contributed by atoms with E-state index in [-0.39, 0.29) is 11.3 Å². The third-order valence-electron chi connectivity index (χ3n) is 6.68. The van der Waals surface area contributed by atoms with Crippen LogP contribution >= 0.6 is 0 Å². The van der Waals surface area contributed by atoms with Crippen molar-refractivity contribution in [1.82, 2.24) is 0 Å². The van der Waals surface area contributed by atoms with E-state index in [4.69, 9.17) is 9.47 Å². The van der Waals surface area contributed by atoms with Crippen molar-refractivity contribution in [2.24, 2.45) is 0 Å². The highest BCUT2D eigenvalue weighted by Crippen LogP contribution is 2.28. The molecule has 0 aliphatic heterocycles. The Bertz CT molecular complexity index is 1290. The fourth-order valence-corrected chi connectivity index (χ4v) is 4.26. The van der Waals surface area contributed by atoms with Crippen molar-refractivity contribution in [2.75, 3.05) is 6.61 Å². The van der Waals surface area contributed by atoms with Gasteiger partial charge in [-0.25, -0.2) is 14.0 Å². The van der Waals surface area contributed by atoms with Gasteiger partial charge in [0.05, 0.1) is 17.7 Å². The number of carbonyl (C=O) groups excluding carboxylic acids is 2. The highest BCUT2D eigenvalue weighted by molar-refractivity contribution is 5.92. The van der Waals surface area contributed by atoms with Crippen LogP contribution in [0, 0.1) is 5.82 Å². The molecule has 9 heteroatoms. The predicted octanol–water partition coefficient (Wildman–Crippen LogP) is 9.34. The summed E-state index contributed by atoms with van der Waals surface area (Å²) in [5.41, 5.74) is 1.30. The van der Waals surface area contributed by atoms with Gasteiger partial charge in [0, 0.05) is 6.07 Å². The third kappa shape index (κ3) is 9.89. The maximum absolute atomic E-state index is 14.4. The van der Waals surface area contributed by atoms with Gasteiger partial charge in [-0.2, -0.15) is 13.2 Å². The Morgan fingerprint density at radius 1 is 0.738 bits per heavy atom. The predicted molar refractivity (Wildman–Crippen MR) is 152 cm³/mol. The Balaban J connectivity index is 1.51. The first kappa shape index (κ1) is 32.6. The molecule has 0 bridgehead atoms. The minimum absolute atomic E-state index is 0.202. The highest BCUT2D eigenvalue weighted by Gasteiger charge is 2.41. The van der Waals surface area contributed by atoms with E-state index in [1.807, 2.05) is 24.3 Å². The zero-order valence-electron chi connectivity index (χ0n) is 23.8. The van der Waals surface area contributed by atoms with E-state index >= 15 is 0 Å². The fourth-order valence-electron chi connectivity index (χ4n) is 4.26. The van der Waals surface area contributed by atoms with Crippen LogP contribution in [0.4, 0.5) is 17.6 Å². The summed E-state index contributed by atoms with van der Waals surface area (Å²) < 4.78 is 68.5. The normalized spacial score (nSPS) is 12.0. The molecule has 42 heavy (non-hydrogen) atoms. The molecule has 226 valence electrons. The zero-order valence-corrected chi connectivity index (χ0v) is 23.8. The molecule has 0 aliphatic carbocycles. The van der Waals surface area contributed by atoms with E-state index in [0.29, 0.717) is 6.61 Å². The van der Waals surface area contributed by atoms with Gasteiger partial charge in [-0.1, -0.05) is 76.6 Å². The van der Waals surface area contributed by atoms with Crippen LogP contribution in [0.25, 0.3) is 11.1 Å². The average Bonchev–Trinajstić information content (AvgIpc) is 2.97. The van der Waals surface area contributed by atoms with Gasteiger partial charge in [-0.05, 0) is 60.4 Å². The van der Waals surface area contributed by atoms with Crippen molar-refractivity contribution < 1.29 is 41.4 Å². The smallest absolute Gasteiger partial charge is 0.425 e. The second-order valence-corrected chi connectivity index (χ2v) is 9.95. The third-order valence-corrected chi connectivity index (χ3v) is 6.68. The number of benzene rings is 3. The summed E-state index contributed by atoms with van der Waals surface area (Å²) in [4.78, 5) is 24.6. The van der Waals surface area contributed by atoms with E-state index in [2.05, 4.69) is 11.7 Å². The van der Waals surface area contributed by atoms with Crippen LogP contribution in [0.1, 0.15) is 85.9 Å². The molecule has 0 aromatic heterocycles. The summed E-state index contributed by atoms with van der Waals surface area (Å²) in [6, 6.07) is 17.0. The molecular weight excluding hydrogens is 552 g/mol. The van der Waals surface area contributed by atoms with Crippen molar-refractivity contribution in [3.05, 3.63) is 83.7 Å². The number of ether oxygens (including phenoxy) is 3. The molecule has 5 nitrogen and oxygen atoms in total. The molecule has 1 atom stereocenters. The van der Waals surface area contributed by atoms with Crippen LogP contribution in [-0.2, 0) is 4.74 Å². The quantitative estimate of drug-likeness (QED) is 0.0766. The molecule has 1 unspecified atom stereocenters. The van der Waals surface area contributed by atoms with Crippen LogP contribution in [0.3, 0.4) is 0 Å². The lowest BCUT2D eigenvalue weighted by Crippen LogP contribution is -2.33. The summed E-state index contributed by atoms with van der Waals surface area (Å²) in [5, 5.41) is 0.